The van der Waals surface area contributed by atoms with Gasteiger partial charge in [0.05, 0.1) is 4.88 Å². The molecule has 2 N–H and O–H groups in total. The Morgan fingerprint density at radius 3 is 2.56 bits per heavy atom. The van der Waals surface area contributed by atoms with Crippen molar-refractivity contribution in [2.75, 3.05) is 6.61 Å². The maximum atomic E-state index is 11.9. The van der Waals surface area contributed by atoms with Crippen LogP contribution in [-0.2, 0) is 0 Å². The number of carbonyl (C=O) groups excluding carboxylic acids is 1. The second-order valence-corrected chi connectivity index (χ2v) is 5.92. The highest BCUT2D eigenvalue weighted by Gasteiger charge is 2.21. The Morgan fingerprint density at radius 2 is 2.12 bits per heavy atom. The molecule has 1 heterocycles. The monoisotopic (exact) mass is 241 g/mol. The zero-order valence-electron chi connectivity index (χ0n) is 10.3. The summed E-state index contributed by atoms with van der Waals surface area (Å²) in [4.78, 5) is 13.8. The number of rotatable bonds is 4. The van der Waals surface area contributed by atoms with Crippen LogP contribution < -0.4 is 5.32 Å². The Labute approximate surface area is 100 Å². The second kappa shape index (κ2) is 4.97. The van der Waals surface area contributed by atoms with E-state index in [2.05, 4.69) is 5.32 Å². The van der Waals surface area contributed by atoms with Gasteiger partial charge in [0.25, 0.3) is 5.91 Å². The number of nitrogens with one attached hydrogen (secondary N) is 1. The molecule has 0 aromatic carbocycles. The first-order chi connectivity index (χ1) is 7.35. The number of carbonyl (C=O) groups is 1. The number of amides is 1. The van der Waals surface area contributed by atoms with E-state index in [0.29, 0.717) is 6.42 Å². The second-order valence-electron chi connectivity index (χ2n) is 4.66. The molecule has 0 atom stereocenters. The summed E-state index contributed by atoms with van der Waals surface area (Å²) in [6.07, 6.45) is 0.558. The molecule has 1 rings (SSSR count). The molecule has 0 spiro atoms. The summed E-state index contributed by atoms with van der Waals surface area (Å²) < 4.78 is 0. The van der Waals surface area contributed by atoms with Gasteiger partial charge >= 0.3 is 0 Å². The number of thiophene rings is 1. The van der Waals surface area contributed by atoms with Gasteiger partial charge in [0.15, 0.2) is 0 Å². The predicted octanol–water partition coefficient (Wildman–Crippen LogP) is 2.26. The molecule has 0 radical (unpaired) electrons. The third kappa shape index (κ3) is 3.32. The molecule has 16 heavy (non-hydrogen) atoms. The fourth-order valence-electron chi connectivity index (χ4n) is 1.40. The quantitative estimate of drug-likeness (QED) is 0.849. The Kier molecular flexibility index (Phi) is 4.10. The van der Waals surface area contributed by atoms with Crippen LogP contribution in [0.25, 0.3) is 0 Å². The van der Waals surface area contributed by atoms with E-state index in [0.717, 1.165) is 10.4 Å². The standard InChI is InChI=1S/C12H19NO2S/c1-8-7-10(16-9(8)2)11(15)13-12(3,4)5-6-14/h7,14H,5-6H2,1-4H3,(H,13,15). The van der Waals surface area contributed by atoms with Gasteiger partial charge in [0.2, 0.25) is 0 Å². The summed E-state index contributed by atoms with van der Waals surface area (Å²) in [7, 11) is 0. The zero-order chi connectivity index (χ0) is 12.3. The molecule has 0 aliphatic rings. The SMILES string of the molecule is Cc1cc(C(=O)NC(C)(C)CCO)sc1C. The molecular weight excluding hydrogens is 222 g/mol. The van der Waals surface area contributed by atoms with Crippen LogP contribution >= 0.6 is 11.3 Å². The van der Waals surface area contributed by atoms with Gasteiger partial charge in [-0.05, 0) is 45.7 Å². The molecule has 0 aliphatic carbocycles. The summed E-state index contributed by atoms with van der Waals surface area (Å²) in [5.41, 5.74) is 0.785. The highest BCUT2D eigenvalue weighted by atomic mass is 32.1. The van der Waals surface area contributed by atoms with E-state index in [-0.39, 0.29) is 18.1 Å². The summed E-state index contributed by atoms with van der Waals surface area (Å²) in [6, 6.07) is 1.91. The van der Waals surface area contributed by atoms with Crippen molar-refractivity contribution in [2.24, 2.45) is 0 Å². The lowest BCUT2D eigenvalue weighted by Gasteiger charge is -2.24. The van der Waals surface area contributed by atoms with Gasteiger partial charge in [-0.3, -0.25) is 4.79 Å². The summed E-state index contributed by atoms with van der Waals surface area (Å²) in [5, 5.41) is 11.8. The molecule has 1 amide bonds. The van der Waals surface area contributed by atoms with Gasteiger partial charge in [-0.25, -0.2) is 0 Å². The minimum absolute atomic E-state index is 0.0559. The van der Waals surface area contributed by atoms with Crippen LogP contribution in [-0.4, -0.2) is 23.2 Å². The number of hydrogen-bond acceptors (Lipinski definition) is 3. The van der Waals surface area contributed by atoms with E-state index < -0.39 is 0 Å². The van der Waals surface area contributed by atoms with Crippen molar-refractivity contribution >= 4 is 17.2 Å². The first-order valence-electron chi connectivity index (χ1n) is 5.36. The van der Waals surface area contributed by atoms with E-state index in [4.69, 9.17) is 5.11 Å². The molecule has 0 unspecified atom stereocenters. The van der Waals surface area contributed by atoms with E-state index in [9.17, 15) is 4.79 Å². The van der Waals surface area contributed by atoms with Crippen molar-refractivity contribution in [3.8, 4) is 0 Å². The van der Waals surface area contributed by atoms with Gasteiger partial charge in [-0.1, -0.05) is 0 Å². The number of aryl methyl sites for hydroxylation is 2. The van der Waals surface area contributed by atoms with Gasteiger partial charge in [-0.15, -0.1) is 11.3 Å². The van der Waals surface area contributed by atoms with Crippen LogP contribution in [0.1, 0.15) is 40.4 Å². The lowest BCUT2D eigenvalue weighted by Crippen LogP contribution is -2.43. The van der Waals surface area contributed by atoms with E-state index in [1.165, 1.54) is 16.2 Å². The summed E-state index contributed by atoms with van der Waals surface area (Å²) >= 11 is 1.51. The first-order valence-corrected chi connectivity index (χ1v) is 6.18. The normalized spacial score (nSPS) is 11.6. The largest absolute Gasteiger partial charge is 0.396 e. The fourth-order valence-corrected chi connectivity index (χ4v) is 2.33. The molecular formula is C12H19NO2S. The van der Waals surface area contributed by atoms with E-state index >= 15 is 0 Å². The maximum Gasteiger partial charge on any atom is 0.261 e. The van der Waals surface area contributed by atoms with Crippen LogP contribution in [0, 0.1) is 13.8 Å². The van der Waals surface area contributed by atoms with Crippen LogP contribution in [0.5, 0.6) is 0 Å². The van der Waals surface area contributed by atoms with Crippen molar-refractivity contribution in [2.45, 2.75) is 39.7 Å². The van der Waals surface area contributed by atoms with Gasteiger partial charge in [0, 0.05) is 17.0 Å². The Balaban J connectivity index is 2.72. The third-order valence-corrected chi connectivity index (χ3v) is 3.73. The van der Waals surface area contributed by atoms with Crippen molar-refractivity contribution in [3.05, 3.63) is 21.4 Å². The van der Waals surface area contributed by atoms with Crippen LogP contribution in [0.15, 0.2) is 6.07 Å². The molecule has 3 nitrogen and oxygen atoms in total. The number of hydrogen-bond donors (Lipinski definition) is 2. The fraction of sp³-hybridized carbons (Fsp3) is 0.583. The van der Waals surface area contributed by atoms with E-state index in [1.807, 2.05) is 33.8 Å². The molecule has 0 saturated heterocycles. The zero-order valence-corrected chi connectivity index (χ0v) is 11.1. The minimum atomic E-state index is -0.363. The van der Waals surface area contributed by atoms with Crippen LogP contribution in [0.2, 0.25) is 0 Å². The average Bonchev–Trinajstić information content (AvgIpc) is 2.46. The van der Waals surface area contributed by atoms with Crippen molar-refractivity contribution < 1.29 is 9.90 Å². The number of aliphatic hydroxyl groups excluding tert-OH is 1. The lowest BCUT2D eigenvalue weighted by atomic mass is 10.0. The molecule has 90 valence electrons. The predicted molar refractivity (Wildman–Crippen MR) is 67.0 cm³/mol. The van der Waals surface area contributed by atoms with Crippen molar-refractivity contribution in [1.82, 2.24) is 5.32 Å². The van der Waals surface area contributed by atoms with Crippen molar-refractivity contribution in [3.63, 3.8) is 0 Å². The third-order valence-electron chi connectivity index (χ3n) is 2.58. The lowest BCUT2D eigenvalue weighted by molar-refractivity contribution is 0.0903. The first kappa shape index (κ1) is 13.2. The Morgan fingerprint density at radius 1 is 1.50 bits per heavy atom. The Bertz CT molecular complexity index is 363. The average molecular weight is 241 g/mol. The summed E-state index contributed by atoms with van der Waals surface area (Å²) in [5.74, 6) is -0.0559. The molecule has 0 fully saturated rings. The molecule has 4 heteroatoms. The van der Waals surface area contributed by atoms with Gasteiger partial charge < -0.3 is 10.4 Å². The van der Waals surface area contributed by atoms with Crippen LogP contribution in [0.3, 0.4) is 0 Å². The van der Waals surface area contributed by atoms with Crippen LogP contribution in [0.4, 0.5) is 0 Å². The van der Waals surface area contributed by atoms with E-state index in [1.54, 1.807) is 0 Å². The minimum Gasteiger partial charge on any atom is -0.396 e. The summed E-state index contributed by atoms with van der Waals surface area (Å²) in [6.45, 7) is 7.91. The molecule has 0 aliphatic heterocycles. The van der Waals surface area contributed by atoms with Crippen molar-refractivity contribution in [1.29, 1.82) is 0 Å². The van der Waals surface area contributed by atoms with Gasteiger partial charge in [-0.2, -0.15) is 0 Å². The maximum absolute atomic E-state index is 11.9. The topological polar surface area (TPSA) is 49.3 Å². The van der Waals surface area contributed by atoms with Gasteiger partial charge in [0.1, 0.15) is 0 Å². The highest BCUT2D eigenvalue weighted by Crippen LogP contribution is 2.21. The molecule has 1 aromatic rings. The molecule has 0 bridgehead atoms. The Hall–Kier alpha value is -0.870. The molecule has 1 aromatic heterocycles. The highest BCUT2D eigenvalue weighted by molar-refractivity contribution is 7.14. The molecule has 0 saturated carbocycles. The number of aliphatic hydroxyl groups is 1. The smallest absolute Gasteiger partial charge is 0.261 e.